The number of hydrogen-bond acceptors (Lipinski definition) is 1. The van der Waals surface area contributed by atoms with Gasteiger partial charge >= 0.3 is 0 Å². The van der Waals surface area contributed by atoms with Gasteiger partial charge in [-0.25, -0.2) is 4.39 Å². The van der Waals surface area contributed by atoms with Crippen LogP contribution < -0.4 is 5.32 Å². The lowest BCUT2D eigenvalue weighted by molar-refractivity contribution is 0.628. The summed E-state index contributed by atoms with van der Waals surface area (Å²) in [6.45, 7) is 2.92. The Bertz CT molecular complexity index is 611. The first-order valence-corrected chi connectivity index (χ1v) is 6.03. The van der Waals surface area contributed by atoms with E-state index in [2.05, 4.69) is 36.5 Å². The fourth-order valence-corrected chi connectivity index (χ4v) is 2.25. The van der Waals surface area contributed by atoms with Crippen LogP contribution in [0.2, 0.25) is 0 Å². The highest BCUT2D eigenvalue weighted by Gasteiger charge is 2.14. The lowest BCUT2D eigenvalue weighted by atomic mass is 10.0. The molecule has 2 heteroatoms. The van der Waals surface area contributed by atoms with Crippen LogP contribution in [0.3, 0.4) is 0 Å². The first-order valence-electron chi connectivity index (χ1n) is 6.03. The van der Waals surface area contributed by atoms with E-state index in [1.807, 2.05) is 0 Å². The Morgan fingerprint density at radius 1 is 1.11 bits per heavy atom. The van der Waals surface area contributed by atoms with E-state index in [-0.39, 0.29) is 5.82 Å². The molecule has 2 aromatic carbocycles. The largest absolute Gasteiger partial charge is 0.380 e. The summed E-state index contributed by atoms with van der Waals surface area (Å²) in [6, 6.07) is 13.0. The monoisotopic (exact) mass is 239 g/mol. The first kappa shape index (κ1) is 11.0. The Labute approximate surface area is 106 Å². The van der Waals surface area contributed by atoms with Crippen molar-refractivity contribution >= 4 is 17.3 Å². The second kappa shape index (κ2) is 4.30. The number of halogens is 1. The summed E-state index contributed by atoms with van der Waals surface area (Å²) in [5.74, 6) is -0.196. The minimum Gasteiger partial charge on any atom is -0.380 e. The summed E-state index contributed by atoms with van der Waals surface area (Å²) in [7, 11) is 0. The Balaban J connectivity index is 2.00. The summed E-state index contributed by atoms with van der Waals surface area (Å²) < 4.78 is 12.9. The molecule has 0 unspecified atom stereocenters. The summed E-state index contributed by atoms with van der Waals surface area (Å²) >= 11 is 0. The molecule has 90 valence electrons. The van der Waals surface area contributed by atoms with Crippen LogP contribution in [0.4, 0.5) is 10.1 Å². The van der Waals surface area contributed by atoms with Gasteiger partial charge in [0, 0.05) is 17.8 Å². The van der Waals surface area contributed by atoms with Gasteiger partial charge in [0.1, 0.15) is 5.82 Å². The minimum atomic E-state index is -0.196. The summed E-state index contributed by atoms with van der Waals surface area (Å²) in [6.07, 6.45) is 2.11. The summed E-state index contributed by atoms with van der Waals surface area (Å²) in [5, 5.41) is 3.37. The minimum absolute atomic E-state index is 0.196. The number of fused-ring (bicyclic) bond motifs is 1. The van der Waals surface area contributed by atoms with Crippen molar-refractivity contribution < 1.29 is 4.39 Å². The zero-order valence-corrected chi connectivity index (χ0v) is 10.2. The molecule has 1 heterocycles. The molecule has 0 amide bonds. The van der Waals surface area contributed by atoms with E-state index in [9.17, 15) is 4.39 Å². The SMILES string of the molecule is Cc1ccc2c(c1)/C(=C/c1ccc(F)cc1)CN2. The summed E-state index contributed by atoms with van der Waals surface area (Å²) in [4.78, 5) is 0. The van der Waals surface area contributed by atoms with Crippen molar-refractivity contribution in [2.24, 2.45) is 0 Å². The quantitative estimate of drug-likeness (QED) is 0.790. The van der Waals surface area contributed by atoms with E-state index < -0.39 is 0 Å². The fourth-order valence-electron chi connectivity index (χ4n) is 2.25. The molecule has 0 spiro atoms. The molecule has 0 aliphatic carbocycles. The zero-order chi connectivity index (χ0) is 12.5. The van der Waals surface area contributed by atoms with Gasteiger partial charge in [-0.3, -0.25) is 0 Å². The summed E-state index contributed by atoms with van der Waals surface area (Å²) in [5.41, 5.74) is 5.96. The van der Waals surface area contributed by atoms with Gasteiger partial charge in [0.05, 0.1) is 0 Å². The molecule has 1 aliphatic heterocycles. The number of benzene rings is 2. The third kappa shape index (κ3) is 2.02. The smallest absolute Gasteiger partial charge is 0.123 e. The van der Waals surface area contributed by atoms with Gasteiger partial charge in [0.25, 0.3) is 0 Å². The third-order valence-corrected chi connectivity index (χ3v) is 3.20. The number of hydrogen-bond donors (Lipinski definition) is 1. The van der Waals surface area contributed by atoms with Crippen LogP contribution in [0.1, 0.15) is 16.7 Å². The average Bonchev–Trinajstić information content (AvgIpc) is 2.75. The molecule has 1 aliphatic rings. The highest BCUT2D eigenvalue weighted by atomic mass is 19.1. The van der Waals surface area contributed by atoms with Crippen molar-refractivity contribution in [3.8, 4) is 0 Å². The first-order chi connectivity index (χ1) is 8.72. The van der Waals surface area contributed by atoms with Gasteiger partial charge in [0.2, 0.25) is 0 Å². The van der Waals surface area contributed by atoms with Crippen molar-refractivity contribution in [2.45, 2.75) is 6.92 Å². The molecular weight excluding hydrogens is 225 g/mol. The maximum atomic E-state index is 12.9. The molecule has 18 heavy (non-hydrogen) atoms. The molecule has 0 fully saturated rings. The Morgan fingerprint density at radius 3 is 2.67 bits per heavy atom. The van der Waals surface area contributed by atoms with Crippen LogP contribution in [0.15, 0.2) is 42.5 Å². The Kier molecular flexibility index (Phi) is 2.63. The fraction of sp³-hybridized carbons (Fsp3) is 0.125. The number of rotatable bonds is 1. The van der Waals surface area contributed by atoms with E-state index in [1.165, 1.54) is 34.5 Å². The van der Waals surface area contributed by atoms with Crippen LogP contribution in [-0.4, -0.2) is 6.54 Å². The Hall–Kier alpha value is -2.09. The van der Waals surface area contributed by atoms with Crippen molar-refractivity contribution in [2.75, 3.05) is 11.9 Å². The molecule has 0 radical (unpaired) electrons. The van der Waals surface area contributed by atoms with Gasteiger partial charge in [0.15, 0.2) is 0 Å². The van der Waals surface area contributed by atoms with Crippen molar-refractivity contribution in [3.63, 3.8) is 0 Å². The van der Waals surface area contributed by atoms with E-state index in [1.54, 1.807) is 12.1 Å². The van der Waals surface area contributed by atoms with Crippen LogP contribution in [0.5, 0.6) is 0 Å². The lowest BCUT2D eigenvalue weighted by Crippen LogP contribution is -1.91. The predicted octanol–water partition coefficient (Wildman–Crippen LogP) is 4.10. The van der Waals surface area contributed by atoms with E-state index in [0.717, 1.165) is 12.1 Å². The average molecular weight is 239 g/mol. The highest BCUT2D eigenvalue weighted by molar-refractivity contribution is 5.93. The molecule has 3 rings (SSSR count). The molecule has 0 saturated heterocycles. The van der Waals surface area contributed by atoms with Crippen molar-refractivity contribution in [1.82, 2.24) is 0 Å². The van der Waals surface area contributed by atoms with Gasteiger partial charge < -0.3 is 5.32 Å². The molecule has 0 aromatic heterocycles. The van der Waals surface area contributed by atoms with Crippen LogP contribution in [-0.2, 0) is 0 Å². The van der Waals surface area contributed by atoms with Crippen molar-refractivity contribution in [1.29, 1.82) is 0 Å². The van der Waals surface area contributed by atoms with Gasteiger partial charge in [-0.05, 0) is 48.4 Å². The molecular formula is C16H14FN. The van der Waals surface area contributed by atoms with Crippen LogP contribution in [0.25, 0.3) is 11.6 Å². The second-order valence-electron chi connectivity index (χ2n) is 4.62. The van der Waals surface area contributed by atoms with Crippen LogP contribution in [0, 0.1) is 12.7 Å². The molecule has 0 atom stereocenters. The van der Waals surface area contributed by atoms with Crippen LogP contribution >= 0.6 is 0 Å². The molecule has 0 bridgehead atoms. The maximum absolute atomic E-state index is 12.9. The normalized spacial score (nSPS) is 15.6. The topological polar surface area (TPSA) is 12.0 Å². The molecule has 0 saturated carbocycles. The van der Waals surface area contributed by atoms with Crippen molar-refractivity contribution in [3.05, 3.63) is 65.0 Å². The molecule has 1 N–H and O–H groups in total. The maximum Gasteiger partial charge on any atom is 0.123 e. The number of anilines is 1. The lowest BCUT2D eigenvalue weighted by Gasteiger charge is -2.01. The predicted molar refractivity (Wildman–Crippen MR) is 73.9 cm³/mol. The highest BCUT2D eigenvalue weighted by Crippen LogP contribution is 2.32. The van der Waals surface area contributed by atoms with E-state index >= 15 is 0 Å². The standard InChI is InChI=1S/C16H14FN/c1-11-2-7-16-15(8-11)13(10-18-16)9-12-3-5-14(17)6-4-12/h2-9,18H,10H2,1H3/b13-9+. The zero-order valence-electron chi connectivity index (χ0n) is 10.2. The second-order valence-corrected chi connectivity index (χ2v) is 4.62. The molecule has 2 aromatic rings. The molecule has 1 nitrogen and oxygen atoms in total. The van der Waals surface area contributed by atoms with Gasteiger partial charge in [-0.15, -0.1) is 0 Å². The number of aryl methyl sites for hydroxylation is 1. The Morgan fingerprint density at radius 2 is 1.89 bits per heavy atom. The third-order valence-electron chi connectivity index (χ3n) is 3.20. The van der Waals surface area contributed by atoms with E-state index in [4.69, 9.17) is 0 Å². The van der Waals surface area contributed by atoms with Gasteiger partial charge in [-0.2, -0.15) is 0 Å². The number of nitrogens with one attached hydrogen (secondary N) is 1. The van der Waals surface area contributed by atoms with Gasteiger partial charge in [-0.1, -0.05) is 23.8 Å². The van der Waals surface area contributed by atoms with E-state index in [0.29, 0.717) is 0 Å².